The van der Waals surface area contributed by atoms with Gasteiger partial charge in [-0.1, -0.05) is 18.6 Å². The first-order valence-corrected chi connectivity index (χ1v) is 6.33. The first kappa shape index (κ1) is 12.0. The molecule has 0 spiro atoms. The molecule has 4 heteroatoms. The molecule has 0 aromatic heterocycles. The van der Waals surface area contributed by atoms with Crippen molar-refractivity contribution in [1.82, 2.24) is 0 Å². The second-order valence-corrected chi connectivity index (χ2v) is 4.72. The highest BCUT2D eigenvalue weighted by molar-refractivity contribution is 5.38. The molecule has 17 heavy (non-hydrogen) atoms. The number of nitro benzene ring substituents is 1. The van der Waals surface area contributed by atoms with Crippen LogP contribution in [0.4, 0.5) is 5.69 Å². The van der Waals surface area contributed by atoms with E-state index in [4.69, 9.17) is 0 Å². The Morgan fingerprint density at radius 3 is 2.65 bits per heavy atom. The van der Waals surface area contributed by atoms with Gasteiger partial charge in [0.15, 0.2) is 0 Å². The third-order valence-electron chi connectivity index (χ3n) is 3.51. The number of rotatable bonds is 4. The van der Waals surface area contributed by atoms with E-state index in [0.717, 1.165) is 12.1 Å². The smallest absolute Gasteiger partial charge is 0.278 e. The summed E-state index contributed by atoms with van der Waals surface area (Å²) in [7, 11) is 0. The lowest BCUT2D eigenvalue weighted by molar-refractivity contribution is -0.707. The molecule has 0 unspecified atom stereocenters. The Morgan fingerprint density at radius 2 is 1.94 bits per heavy atom. The quantitative estimate of drug-likeness (QED) is 0.641. The van der Waals surface area contributed by atoms with Crippen molar-refractivity contribution in [3.8, 4) is 0 Å². The van der Waals surface area contributed by atoms with Gasteiger partial charge in [0, 0.05) is 6.07 Å². The fourth-order valence-electron chi connectivity index (χ4n) is 2.53. The van der Waals surface area contributed by atoms with E-state index in [1.165, 1.54) is 32.1 Å². The Balaban J connectivity index is 1.96. The second kappa shape index (κ2) is 5.77. The number of nitrogens with zero attached hydrogens (tertiary/aromatic N) is 1. The summed E-state index contributed by atoms with van der Waals surface area (Å²) in [5, 5.41) is 13.1. The summed E-state index contributed by atoms with van der Waals surface area (Å²) in [6.07, 6.45) is 6.45. The van der Waals surface area contributed by atoms with Gasteiger partial charge in [0.05, 0.1) is 16.5 Å². The molecule has 2 rings (SSSR count). The van der Waals surface area contributed by atoms with Gasteiger partial charge in [0.25, 0.3) is 5.69 Å². The van der Waals surface area contributed by atoms with E-state index in [0.29, 0.717) is 6.04 Å². The molecule has 1 saturated carbocycles. The molecule has 0 heterocycles. The largest absolute Gasteiger partial charge is 0.340 e. The maximum atomic E-state index is 10.9. The van der Waals surface area contributed by atoms with Crippen molar-refractivity contribution in [2.75, 3.05) is 0 Å². The number of hydrogen-bond acceptors (Lipinski definition) is 2. The Kier molecular flexibility index (Phi) is 4.09. The van der Waals surface area contributed by atoms with Crippen LogP contribution in [0.15, 0.2) is 24.3 Å². The van der Waals surface area contributed by atoms with Crippen molar-refractivity contribution in [1.29, 1.82) is 0 Å². The van der Waals surface area contributed by atoms with E-state index in [1.54, 1.807) is 12.1 Å². The molecular formula is C13H19N2O2+. The third kappa shape index (κ3) is 3.27. The molecule has 1 fully saturated rings. The summed E-state index contributed by atoms with van der Waals surface area (Å²) in [6, 6.07) is 7.70. The minimum Gasteiger partial charge on any atom is -0.340 e. The highest BCUT2D eigenvalue weighted by atomic mass is 16.6. The highest BCUT2D eigenvalue weighted by Crippen LogP contribution is 2.17. The monoisotopic (exact) mass is 235 g/mol. The topological polar surface area (TPSA) is 59.8 Å². The molecule has 1 aliphatic carbocycles. The average Bonchev–Trinajstić information content (AvgIpc) is 2.38. The van der Waals surface area contributed by atoms with E-state index in [-0.39, 0.29) is 10.6 Å². The van der Waals surface area contributed by atoms with Crippen molar-refractivity contribution < 1.29 is 10.2 Å². The van der Waals surface area contributed by atoms with Gasteiger partial charge in [0.2, 0.25) is 0 Å². The zero-order valence-corrected chi connectivity index (χ0v) is 9.97. The number of benzene rings is 1. The van der Waals surface area contributed by atoms with Crippen LogP contribution in [0.25, 0.3) is 0 Å². The van der Waals surface area contributed by atoms with Gasteiger partial charge in [-0.15, -0.1) is 0 Å². The average molecular weight is 235 g/mol. The minimum absolute atomic E-state index is 0.250. The van der Waals surface area contributed by atoms with Crippen molar-refractivity contribution >= 4 is 5.69 Å². The molecule has 0 bridgehead atoms. The first-order chi connectivity index (χ1) is 8.27. The van der Waals surface area contributed by atoms with Crippen LogP contribution in [0, 0.1) is 10.1 Å². The molecule has 0 radical (unpaired) electrons. The SMILES string of the molecule is O=[N+]([O-])c1ccccc1C[NH2+]C1CCCCC1. The standard InChI is InChI=1S/C13H18N2O2/c16-15(17)13-9-5-4-6-11(13)10-14-12-7-2-1-3-8-12/h4-6,9,12,14H,1-3,7-8,10H2/p+1. The molecule has 0 aliphatic heterocycles. The molecule has 1 aliphatic rings. The number of hydrogen-bond donors (Lipinski definition) is 1. The fourth-order valence-corrected chi connectivity index (χ4v) is 2.53. The Morgan fingerprint density at radius 1 is 1.24 bits per heavy atom. The van der Waals surface area contributed by atoms with Crippen LogP contribution in [-0.4, -0.2) is 11.0 Å². The van der Waals surface area contributed by atoms with Crippen LogP contribution in [0.5, 0.6) is 0 Å². The van der Waals surface area contributed by atoms with Crippen molar-refractivity contribution in [3.05, 3.63) is 39.9 Å². The van der Waals surface area contributed by atoms with Gasteiger partial charge >= 0.3 is 0 Å². The zero-order chi connectivity index (χ0) is 12.1. The van der Waals surface area contributed by atoms with Gasteiger partial charge in [-0.05, 0) is 31.7 Å². The summed E-state index contributed by atoms with van der Waals surface area (Å²) in [5.41, 5.74) is 1.09. The molecule has 0 amide bonds. The molecular weight excluding hydrogens is 216 g/mol. The predicted octanol–water partition coefficient (Wildman–Crippen LogP) is 1.99. The molecule has 1 aromatic rings. The molecule has 4 nitrogen and oxygen atoms in total. The Labute approximate surface area is 101 Å². The van der Waals surface area contributed by atoms with Crippen molar-refractivity contribution in [3.63, 3.8) is 0 Å². The Hall–Kier alpha value is -1.42. The van der Waals surface area contributed by atoms with Gasteiger partial charge in [0.1, 0.15) is 6.54 Å². The molecule has 0 atom stereocenters. The third-order valence-corrected chi connectivity index (χ3v) is 3.51. The van der Waals surface area contributed by atoms with Crippen molar-refractivity contribution in [2.45, 2.75) is 44.7 Å². The van der Waals surface area contributed by atoms with Gasteiger partial charge < -0.3 is 5.32 Å². The van der Waals surface area contributed by atoms with Crippen molar-refractivity contribution in [2.24, 2.45) is 0 Å². The second-order valence-electron chi connectivity index (χ2n) is 4.72. The molecule has 1 aromatic carbocycles. The minimum atomic E-state index is -0.288. The van der Waals surface area contributed by atoms with E-state index < -0.39 is 0 Å². The van der Waals surface area contributed by atoms with Crippen LogP contribution in [0.3, 0.4) is 0 Å². The maximum Gasteiger partial charge on any atom is 0.278 e. The van der Waals surface area contributed by atoms with Crippen LogP contribution >= 0.6 is 0 Å². The summed E-state index contributed by atoms with van der Waals surface area (Å²) in [4.78, 5) is 10.6. The van der Waals surface area contributed by atoms with Gasteiger partial charge in [-0.25, -0.2) is 0 Å². The lowest BCUT2D eigenvalue weighted by atomic mass is 9.95. The summed E-state index contributed by atoms with van der Waals surface area (Å²) in [6.45, 7) is 0.724. The lowest BCUT2D eigenvalue weighted by Gasteiger charge is -2.19. The van der Waals surface area contributed by atoms with E-state index in [9.17, 15) is 10.1 Å². The van der Waals surface area contributed by atoms with Crippen LogP contribution in [0.1, 0.15) is 37.7 Å². The lowest BCUT2D eigenvalue weighted by Crippen LogP contribution is -2.88. The number of quaternary nitrogens is 1. The fraction of sp³-hybridized carbons (Fsp3) is 0.538. The van der Waals surface area contributed by atoms with Crippen LogP contribution in [-0.2, 0) is 6.54 Å². The predicted molar refractivity (Wildman–Crippen MR) is 65.6 cm³/mol. The zero-order valence-electron chi connectivity index (χ0n) is 9.97. The number of nitro groups is 1. The van der Waals surface area contributed by atoms with E-state index >= 15 is 0 Å². The molecule has 92 valence electrons. The first-order valence-electron chi connectivity index (χ1n) is 6.33. The van der Waals surface area contributed by atoms with Gasteiger partial charge in [-0.3, -0.25) is 10.1 Å². The Bertz CT molecular complexity index is 387. The summed E-state index contributed by atoms with van der Waals surface area (Å²) in [5.74, 6) is 0. The highest BCUT2D eigenvalue weighted by Gasteiger charge is 2.18. The molecule has 0 saturated heterocycles. The summed E-state index contributed by atoms with van der Waals surface area (Å²) >= 11 is 0. The van der Waals surface area contributed by atoms with Crippen LogP contribution < -0.4 is 5.32 Å². The maximum absolute atomic E-state index is 10.9. The van der Waals surface area contributed by atoms with E-state index in [1.807, 2.05) is 12.1 Å². The van der Waals surface area contributed by atoms with Crippen LogP contribution in [0.2, 0.25) is 0 Å². The number of para-hydroxylation sites is 1. The van der Waals surface area contributed by atoms with Gasteiger partial charge in [-0.2, -0.15) is 0 Å². The summed E-state index contributed by atoms with van der Waals surface area (Å²) < 4.78 is 0. The molecule has 2 N–H and O–H groups in total. The number of nitrogens with two attached hydrogens (primary N) is 1. The normalized spacial score (nSPS) is 16.9. The van der Waals surface area contributed by atoms with E-state index in [2.05, 4.69) is 5.32 Å².